The van der Waals surface area contributed by atoms with E-state index in [2.05, 4.69) is 37.0 Å². The Labute approximate surface area is 124 Å². The third-order valence-corrected chi connectivity index (χ3v) is 3.95. The van der Waals surface area contributed by atoms with E-state index in [0.717, 1.165) is 11.0 Å². The van der Waals surface area contributed by atoms with Crippen molar-refractivity contribution in [2.75, 3.05) is 0 Å². The summed E-state index contributed by atoms with van der Waals surface area (Å²) in [4.78, 5) is 1.62. The standard InChI is InChI=1S/C17H21N3O/c1-16(2,3)12-9-10-17(4,21)15(11-12)20-18-13-7-5-6-8-14(13)19-20/h5-11,15,21H,1-4H3. The van der Waals surface area contributed by atoms with Gasteiger partial charge in [0.2, 0.25) is 0 Å². The minimum atomic E-state index is -0.996. The van der Waals surface area contributed by atoms with Crippen LogP contribution in [0.5, 0.6) is 0 Å². The molecule has 1 aliphatic rings. The highest BCUT2D eigenvalue weighted by Gasteiger charge is 2.35. The van der Waals surface area contributed by atoms with Gasteiger partial charge in [-0.3, -0.25) is 0 Å². The molecular formula is C17H21N3O. The lowest BCUT2D eigenvalue weighted by Gasteiger charge is -2.34. The number of hydrogen-bond acceptors (Lipinski definition) is 3. The zero-order chi connectivity index (χ0) is 15.3. The van der Waals surface area contributed by atoms with Crippen LogP contribution < -0.4 is 0 Å². The van der Waals surface area contributed by atoms with E-state index >= 15 is 0 Å². The first-order valence-corrected chi connectivity index (χ1v) is 7.23. The topological polar surface area (TPSA) is 50.9 Å². The maximum atomic E-state index is 10.7. The van der Waals surface area contributed by atoms with Crippen molar-refractivity contribution in [3.8, 4) is 0 Å². The van der Waals surface area contributed by atoms with E-state index in [4.69, 9.17) is 0 Å². The Morgan fingerprint density at radius 2 is 1.71 bits per heavy atom. The number of aliphatic hydroxyl groups is 1. The maximum absolute atomic E-state index is 10.7. The van der Waals surface area contributed by atoms with Gasteiger partial charge in [-0.2, -0.15) is 15.0 Å². The third kappa shape index (κ3) is 2.51. The fraction of sp³-hybridized carbons (Fsp3) is 0.412. The van der Waals surface area contributed by atoms with E-state index in [9.17, 15) is 5.11 Å². The van der Waals surface area contributed by atoms with Gasteiger partial charge in [0.15, 0.2) is 0 Å². The summed E-state index contributed by atoms with van der Waals surface area (Å²) in [5, 5.41) is 19.7. The van der Waals surface area contributed by atoms with Crippen LogP contribution in [0.2, 0.25) is 0 Å². The van der Waals surface area contributed by atoms with Crippen LogP contribution in [-0.2, 0) is 0 Å². The molecule has 0 bridgehead atoms. The summed E-state index contributed by atoms with van der Waals surface area (Å²) in [6, 6.07) is 7.44. The molecule has 0 radical (unpaired) electrons. The fourth-order valence-corrected chi connectivity index (χ4v) is 2.55. The zero-order valence-corrected chi connectivity index (χ0v) is 12.9. The van der Waals surface area contributed by atoms with Gasteiger partial charge < -0.3 is 5.11 Å². The number of fused-ring (bicyclic) bond motifs is 1. The van der Waals surface area contributed by atoms with E-state index in [1.165, 1.54) is 5.57 Å². The molecule has 0 spiro atoms. The van der Waals surface area contributed by atoms with Crippen LogP contribution in [0.25, 0.3) is 11.0 Å². The van der Waals surface area contributed by atoms with Gasteiger partial charge in [0.05, 0.1) is 0 Å². The number of aromatic nitrogens is 3. The molecule has 21 heavy (non-hydrogen) atoms. The average Bonchev–Trinajstić information content (AvgIpc) is 2.80. The van der Waals surface area contributed by atoms with E-state index in [1.54, 1.807) is 11.7 Å². The molecule has 0 fully saturated rings. The first kappa shape index (κ1) is 14.0. The number of benzene rings is 1. The van der Waals surface area contributed by atoms with E-state index in [1.807, 2.05) is 36.4 Å². The molecule has 2 unspecified atom stereocenters. The van der Waals surface area contributed by atoms with Gasteiger partial charge in [-0.05, 0) is 30.0 Å². The molecule has 0 aliphatic heterocycles. The van der Waals surface area contributed by atoms with Crippen LogP contribution >= 0.6 is 0 Å². The van der Waals surface area contributed by atoms with Crippen LogP contribution in [0.1, 0.15) is 33.7 Å². The number of hydrogen-bond donors (Lipinski definition) is 1. The van der Waals surface area contributed by atoms with Crippen LogP contribution in [0.3, 0.4) is 0 Å². The predicted octanol–water partition coefficient (Wildman–Crippen LogP) is 3.27. The molecule has 0 amide bonds. The summed E-state index contributed by atoms with van der Waals surface area (Å²) in [6.07, 6.45) is 5.91. The second kappa shape index (κ2) is 4.53. The summed E-state index contributed by atoms with van der Waals surface area (Å²) in [5.74, 6) is 0. The van der Waals surface area contributed by atoms with Crippen molar-refractivity contribution in [1.29, 1.82) is 0 Å². The SMILES string of the molecule is CC(C)(C)C1=CC(n2nc3ccccc3n2)C(C)(O)C=C1. The van der Waals surface area contributed by atoms with E-state index in [-0.39, 0.29) is 11.5 Å². The number of allylic oxidation sites excluding steroid dienone is 2. The molecule has 4 heteroatoms. The Bertz CT molecular complexity index is 699. The predicted molar refractivity (Wildman–Crippen MR) is 83.9 cm³/mol. The summed E-state index contributed by atoms with van der Waals surface area (Å²) >= 11 is 0. The highest BCUT2D eigenvalue weighted by molar-refractivity contribution is 5.73. The minimum Gasteiger partial charge on any atom is -0.383 e. The Morgan fingerprint density at radius 1 is 1.14 bits per heavy atom. The average molecular weight is 283 g/mol. The lowest BCUT2D eigenvalue weighted by molar-refractivity contribution is 0.0585. The monoisotopic (exact) mass is 283 g/mol. The molecule has 3 rings (SSSR count). The first-order chi connectivity index (χ1) is 9.77. The van der Waals surface area contributed by atoms with Gasteiger partial charge in [-0.1, -0.05) is 51.1 Å². The van der Waals surface area contributed by atoms with Crippen LogP contribution in [0.4, 0.5) is 0 Å². The van der Waals surface area contributed by atoms with E-state index < -0.39 is 5.60 Å². The van der Waals surface area contributed by atoms with Crippen molar-refractivity contribution in [3.63, 3.8) is 0 Å². The highest BCUT2D eigenvalue weighted by atomic mass is 16.3. The quantitative estimate of drug-likeness (QED) is 0.874. The molecule has 1 N–H and O–H groups in total. The van der Waals surface area contributed by atoms with Crippen molar-refractivity contribution < 1.29 is 5.11 Å². The smallest absolute Gasteiger partial charge is 0.122 e. The maximum Gasteiger partial charge on any atom is 0.122 e. The van der Waals surface area contributed by atoms with Crippen molar-refractivity contribution in [3.05, 3.63) is 48.1 Å². The molecule has 4 nitrogen and oxygen atoms in total. The Kier molecular flexibility index (Phi) is 3.02. The van der Waals surface area contributed by atoms with Gasteiger partial charge in [0.1, 0.15) is 22.7 Å². The van der Waals surface area contributed by atoms with Crippen LogP contribution in [0.15, 0.2) is 48.1 Å². The van der Waals surface area contributed by atoms with E-state index in [0.29, 0.717) is 0 Å². The minimum absolute atomic E-state index is 0.0256. The van der Waals surface area contributed by atoms with Crippen LogP contribution in [0, 0.1) is 5.41 Å². The molecule has 1 aliphatic carbocycles. The molecule has 2 aromatic rings. The van der Waals surface area contributed by atoms with Crippen LogP contribution in [-0.4, -0.2) is 25.7 Å². The summed E-state index contributed by atoms with van der Waals surface area (Å²) in [5.41, 5.74) is 1.89. The first-order valence-electron chi connectivity index (χ1n) is 7.23. The van der Waals surface area contributed by atoms with Gasteiger partial charge in [-0.15, -0.1) is 0 Å². The molecular weight excluding hydrogens is 262 g/mol. The van der Waals surface area contributed by atoms with Gasteiger partial charge >= 0.3 is 0 Å². The van der Waals surface area contributed by atoms with Crippen molar-refractivity contribution >= 4 is 11.0 Å². The number of rotatable bonds is 1. The molecule has 1 aromatic carbocycles. The van der Waals surface area contributed by atoms with Crippen molar-refractivity contribution in [2.45, 2.75) is 39.3 Å². The second-order valence-electron chi connectivity index (χ2n) is 6.89. The summed E-state index contributed by atoms with van der Waals surface area (Å²) < 4.78 is 0. The largest absolute Gasteiger partial charge is 0.383 e. The van der Waals surface area contributed by atoms with Crippen molar-refractivity contribution in [1.82, 2.24) is 15.0 Å². The highest BCUT2D eigenvalue weighted by Crippen LogP contribution is 2.37. The lowest BCUT2D eigenvalue weighted by Crippen LogP contribution is -2.37. The fourth-order valence-electron chi connectivity index (χ4n) is 2.55. The molecule has 110 valence electrons. The van der Waals surface area contributed by atoms with Gasteiger partial charge in [0.25, 0.3) is 0 Å². The molecule has 1 aromatic heterocycles. The normalized spacial score (nSPS) is 26.1. The lowest BCUT2D eigenvalue weighted by atomic mass is 9.79. The Morgan fingerprint density at radius 3 is 2.24 bits per heavy atom. The molecule has 0 saturated heterocycles. The molecule has 1 heterocycles. The molecule has 0 saturated carbocycles. The summed E-state index contributed by atoms with van der Waals surface area (Å²) in [6.45, 7) is 8.27. The van der Waals surface area contributed by atoms with Gasteiger partial charge in [0, 0.05) is 0 Å². The molecule has 2 atom stereocenters. The Balaban J connectivity index is 2.09. The zero-order valence-electron chi connectivity index (χ0n) is 12.9. The third-order valence-electron chi connectivity index (χ3n) is 3.95. The second-order valence-corrected chi connectivity index (χ2v) is 6.89. The number of nitrogens with zero attached hydrogens (tertiary/aromatic N) is 3. The van der Waals surface area contributed by atoms with Gasteiger partial charge in [-0.25, -0.2) is 0 Å². The summed E-state index contributed by atoms with van der Waals surface area (Å²) in [7, 11) is 0. The Hall–Kier alpha value is -1.94. The van der Waals surface area contributed by atoms with Crippen molar-refractivity contribution in [2.24, 2.45) is 5.41 Å².